The lowest BCUT2D eigenvalue weighted by molar-refractivity contribution is 0.0945. The standard InChI is InChI=1S/C14H9Cl2N3O/c15-12-6-10(7-13(16)19-12)14(20)18-11(8-17)9-4-2-1-3-5-9/h1-7,11H,(H,18,20). The van der Waals surface area contributed by atoms with E-state index >= 15 is 0 Å². The van der Waals surface area contributed by atoms with Crippen molar-refractivity contribution in [1.29, 1.82) is 5.26 Å². The van der Waals surface area contributed by atoms with Crippen LogP contribution in [-0.4, -0.2) is 10.9 Å². The molecule has 1 unspecified atom stereocenters. The van der Waals surface area contributed by atoms with Crippen molar-refractivity contribution in [3.8, 4) is 6.07 Å². The molecule has 1 amide bonds. The first-order valence-electron chi connectivity index (χ1n) is 5.68. The number of halogens is 2. The van der Waals surface area contributed by atoms with Crippen LogP contribution in [0.2, 0.25) is 10.3 Å². The van der Waals surface area contributed by atoms with Crippen LogP contribution in [0.25, 0.3) is 0 Å². The fourth-order valence-corrected chi connectivity index (χ4v) is 2.11. The largest absolute Gasteiger partial charge is 0.332 e. The predicted octanol–water partition coefficient (Wildman–Crippen LogP) is 3.38. The molecular weight excluding hydrogens is 297 g/mol. The smallest absolute Gasteiger partial charge is 0.252 e. The zero-order valence-corrected chi connectivity index (χ0v) is 11.7. The SMILES string of the molecule is N#CC(NC(=O)c1cc(Cl)nc(Cl)c1)c1ccccc1. The van der Waals surface area contributed by atoms with Crippen LogP contribution in [0.4, 0.5) is 0 Å². The van der Waals surface area contributed by atoms with Crippen molar-refractivity contribution in [2.24, 2.45) is 0 Å². The Hall–Kier alpha value is -2.09. The number of aromatic nitrogens is 1. The molecule has 0 aliphatic heterocycles. The average Bonchev–Trinajstić information content (AvgIpc) is 2.44. The molecule has 0 fully saturated rings. The van der Waals surface area contributed by atoms with Gasteiger partial charge in [-0.25, -0.2) is 4.98 Å². The first kappa shape index (κ1) is 14.3. The highest BCUT2D eigenvalue weighted by Gasteiger charge is 2.15. The number of nitrogens with one attached hydrogen (secondary N) is 1. The molecule has 0 aliphatic carbocycles. The minimum Gasteiger partial charge on any atom is -0.332 e. The average molecular weight is 306 g/mol. The van der Waals surface area contributed by atoms with E-state index in [9.17, 15) is 4.79 Å². The number of pyridine rings is 1. The minimum atomic E-state index is -0.741. The van der Waals surface area contributed by atoms with Crippen LogP contribution in [0.3, 0.4) is 0 Å². The molecule has 0 bridgehead atoms. The van der Waals surface area contributed by atoms with E-state index in [1.807, 2.05) is 12.1 Å². The van der Waals surface area contributed by atoms with E-state index < -0.39 is 11.9 Å². The van der Waals surface area contributed by atoms with Gasteiger partial charge in [-0.15, -0.1) is 0 Å². The molecule has 0 saturated heterocycles. The second-order valence-electron chi connectivity index (χ2n) is 3.95. The summed E-state index contributed by atoms with van der Waals surface area (Å²) in [6.07, 6.45) is 0. The van der Waals surface area contributed by atoms with Gasteiger partial charge in [0, 0.05) is 5.56 Å². The molecule has 1 N–H and O–H groups in total. The predicted molar refractivity (Wildman–Crippen MR) is 76.5 cm³/mol. The van der Waals surface area contributed by atoms with E-state index in [1.165, 1.54) is 12.1 Å². The summed E-state index contributed by atoms with van der Waals surface area (Å²) in [5, 5.41) is 12.0. The summed E-state index contributed by atoms with van der Waals surface area (Å²) in [6, 6.07) is 13.0. The first-order chi connectivity index (χ1) is 9.60. The number of benzene rings is 1. The summed E-state index contributed by atoms with van der Waals surface area (Å²) in [6.45, 7) is 0. The Labute approximate surface area is 126 Å². The summed E-state index contributed by atoms with van der Waals surface area (Å²) < 4.78 is 0. The number of carbonyl (C=O) groups excluding carboxylic acids is 1. The third-order valence-corrected chi connectivity index (χ3v) is 2.95. The Morgan fingerprint density at radius 2 is 1.80 bits per heavy atom. The highest BCUT2D eigenvalue weighted by molar-refractivity contribution is 6.33. The van der Waals surface area contributed by atoms with E-state index in [4.69, 9.17) is 28.5 Å². The Kier molecular flexibility index (Phi) is 4.57. The van der Waals surface area contributed by atoms with Crippen LogP contribution in [-0.2, 0) is 0 Å². The summed E-state index contributed by atoms with van der Waals surface area (Å²) in [7, 11) is 0. The zero-order valence-electron chi connectivity index (χ0n) is 10.2. The maximum Gasteiger partial charge on any atom is 0.252 e. The molecule has 0 spiro atoms. The van der Waals surface area contributed by atoms with E-state index in [2.05, 4.69) is 10.3 Å². The number of nitrogens with zero attached hydrogens (tertiary/aromatic N) is 2. The van der Waals surface area contributed by atoms with Gasteiger partial charge in [0.2, 0.25) is 0 Å². The number of nitriles is 1. The lowest BCUT2D eigenvalue weighted by Crippen LogP contribution is -2.27. The van der Waals surface area contributed by atoms with Crippen molar-refractivity contribution in [1.82, 2.24) is 10.3 Å². The van der Waals surface area contributed by atoms with Crippen LogP contribution in [0, 0.1) is 11.3 Å². The third-order valence-electron chi connectivity index (χ3n) is 2.56. The quantitative estimate of drug-likeness (QED) is 0.884. The van der Waals surface area contributed by atoms with Gasteiger partial charge in [-0.3, -0.25) is 4.79 Å². The Morgan fingerprint density at radius 3 is 2.35 bits per heavy atom. The molecule has 1 aromatic heterocycles. The van der Waals surface area contributed by atoms with Crippen LogP contribution in [0.5, 0.6) is 0 Å². The molecule has 0 radical (unpaired) electrons. The monoisotopic (exact) mass is 305 g/mol. The summed E-state index contributed by atoms with van der Waals surface area (Å²) in [5.41, 5.74) is 0.959. The minimum absolute atomic E-state index is 0.121. The van der Waals surface area contributed by atoms with Gasteiger partial charge in [-0.05, 0) is 17.7 Å². The van der Waals surface area contributed by atoms with Gasteiger partial charge in [-0.1, -0.05) is 53.5 Å². The highest BCUT2D eigenvalue weighted by Crippen LogP contribution is 2.17. The van der Waals surface area contributed by atoms with Crippen molar-refractivity contribution >= 4 is 29.1 Å². The molecule has 20 heavy (non-hydrogen) atoms. The molecule has 100 valence electrons. The van der Waals surface area contributed by atoms with Crippen LogP contribution >= 0.6 is 23.2 Å². The van der Waals surface area contributed by atoms with Crippen molar-refractivity contribution in [3.05, 3.63) is 63.9 Å². The van der Waals surface area contributed by atoms with E-state index in [1.54, 1.807) is 24.3 Å². The molecule has 2 aromatic rings. The van der Waals surface area contributed by atoms with Gasteiger partial charge in [0.1, 0.15) is 16.3 Å². The third kappa shape index (κ3) is 3.47. The lowest BCUT2D eigenvalue weighted by atomic mass is 10.1. The summed E-state index contributed by atoms with van der Waals surface area (Å²) >= 11 is 11.5. The molecular formula is C14H9Cl2N3O. The van der Waals surface area contributed by atoms with Crippen molar-refractivity contribution in [2.75, 3.05) is 0 Å². The summed E-state index contributed by atoms with van der Waals surface area (Å²) in [5.74, 6) is -0.438. The number of hydrogen-bond acceptors (Lipinski definition) is 3. The van der Waals surface area contributed by atoms with E-state index in [-0.39, 0.29) is 15.9 Å². The van der Waals surface area contributed by atoms with Gasteiger partial charge in [0.25, 0.3) is 5.91 Å². The Bertz CT molecular complexity index is 648. The first-order valence-corrected chi connectivity index (χ1v) is 6.44. The van der Waals surface area contributed by atoms with E-state index in [0.29, 0.717) is 5.56 Å². The van der Waals surface area contributed by atoms with Crippen molar-refractivity contribution in [3.63, 3.8) is 0 Å². The molecule has 6 heteroatoms. The Balaban J connectivity index is 2.20. The number of amides is 1. The maximum atomic E-state index is 12.1. The molecule has 2 rings (SSSR count). The van der Waals surface area contributed by atoms with Gasteiger partial charge in [0.05, 0.1) is 6.07 Å². The van der Waals surface area contributed by atoms with Gasteiger partial charge >= 0.3 is 0 Å². The zero-order chi connectivity index (χ0) is 14.5. The van der Waals surface area contributed by atoms with E-state index in [0.717, 1.165) is 0 Å². The molecule has 1 heterocycles. The normalized spacial score (nSPS) is 11.4. The second-order valence-corrected chi connectivity index (χ2v) is 4.72. The Morgan fingerprint density at radius 1 is 1.20 bits per heavy atom. The van der Waals surface area contributed by atoms with Crippen LogP contribution in [0.15, 0.2) is 42.5 Å². The highest BCUT2D eigenvalue weighted by atomic mass is 35.5. The van der Waals surface area contributed by atoms with Gasteiger partial charge in [-0.2, -0.15) is 5.26 Å². The maximum absolute atomic E-state index is 12.1. The number of carbonyl (C=O) groups is 1. The van der Waals surface area contributed by atoms with Gasteiger partial charge in [0.15, 0.2) is 0 Å². The lowest BCUT2D eigenvalue weighted by Gasteiger charge is -2.12. The van der Waals surface area contributed by atoms with Crippen molar-refractivity contribution < 1.29 is 4.79 Å². The molecule has 0 aliphatic rings. The van der Waals surface area contributed by atoms with Crippen LogP contribution < -0.4 is 5.32 Å². The van der Waals surface area contributed by atoms with Crippen molar-refractivity contribution in [2.45, 2.75) is 6.04 Å². The van der Waals surface area contributed by atoms with Crippen LogP contribution in [0.1, 0.15) is 22.0 Å². The van der Waals surface area contributed by atoms with Gasteiger partial charge < -0.3 is 5.32 Å². The molecule has 1 aromatic carbocycles. The molecule has 0 saturated carbocycles. The second kappa shape index (κ2) is 6.38. The topological polar surface area (TPSA) is 65.8 Å². The fraction of sp³-hybridized carbons (Fsp3) is 0.0714. The molecule has 4 nitrogen and oxygen atoms in total. The fourth-order valence-electron chi connectivity index (χ4n) is 1.65. The summed E-state index contributed by atoms with van der Waals surface area (Å²) in [4.78, 5) is 15.8. The number of rotatable bonds is 3. The number of hydrogen-bond donors (Lipinski definition) is 1. The molecule has 1 atom stereocenters.